The van der Waals surface area contributed by atoms with Crippen LogP contribution in [0, 0.1) is 0 Å². The summed E-state index contributed by atoms with van der Waals surface area (Å²) in [6, 6.07) is 0. The third kappa shape index (κ3) is 2.26. The molecule has 17 heavy (non-hydrogen) atoms. The molecule has 1 aromatic rings. The van der Waals surface area contributed by atoms with Gasteiger partial charge in [-0.1, -0.05) is 6.92 Å². The molecule has 1 amide bonds. The number of nitrogen functional groups attached to an aromatic ring is 1. The van der Waals surface area contributed by atoms with Crippen LogP contribution >= 0.6 is 0 Å². The molecule has 0 aliphatic carbocycles. The lowest BCUT2D eigenvalue weighted by molar-refractivity contribution is 0.0470. The molecule has 6 heteroatoms. The minimum Gasteiger partial charge on any atom is -0.395 e. The Kier molecular flexibility index (Phi) is 3.33. The average molecular weight is 238 g/mol. The largest absolute Gasteiger partial charge is 0.395 e. The Hall–Kier alpha value is -1.56. The van der Waals surface area contributed by atoms with Crippen molar-refractivity contribution in [3.8, 4) is 0 Å². The van der Waals surface area contributed by atoms with Gasteiger partial charge in [0.05, 0.1) is 17.5 Å². The van der Waals surface area contributed by atoms with Gasteiger partial charge in [0, 0.05) is 13.1 Å². The Morgan fingerprint density at radius 3 is 3.06 bits per heavy atom. The number of piperidine rings is 1. The summed E-state index contributed by atoms with van der Waals surface area (Å²) in [6.07, 6.45) is 1.85. The van der Waals surface area contributed by atoms with Gasteiger partial charge in [-0.05, 0) is 19.3 Å². The number of aryl methyl sites for hydroxylation is 1. The lowest BCUT2D eigenvalue weighted by Gasteiger charge is -2.29. The molecule has 4 N–H and O–H groups in total. The number of nitrogens with zero attached hydrogens (tertiary/aromatic N) is 2. The van der Waals surface area contributed by atoms with Crippen LogP contribution in [0.4, 0.5) is 5.69 Å². The topological polar surface area (TPSA) is 95.2 Å². The van der Waals surface area contributed by atoms with Crippen molar-refractivity contribution in [2.24, 2.45) is 0 Å². The summed E-state index contributed by atoms with van der Waals surface area (Å²) in [5.74, 6) is -0.197. The predicted octanol–water partition coefficient (Wildman–Crippen LogP) is 0.151. The van der Waals surface area contributed by atoms with Crippen molar-refractivity contribution in [3.05, 3.63) is 11.4 Å². The first-order valence-electron chi connectivity index (χ1n) is 5.93. The van der Waals surface area contributed by atoms with Crippen molar-refractivity contribution >= 4 is 11.6 Å². The zero-order valence-corrected chi connectivity index (χ0v) is 9.94. The number of aromatic amines is 1. The second-order valence-corrected chi connectivity index (χ2v) is 4.37. The smallest absolute Gasteiger partial charge is 0.276 e. The highest BCUT2D eigenvalue weighted by atomic mass is 16.3. The predicted molar refractivity (Wildman–Crippen MR) is 63.5 cm³/mol. The number of aromatic nitrogens is 2. The van der Waals surface area contributed by atoms with Gasteiger partial charge < -0.3 is 15.7 Å². The molecule has 6 nitrogen and oxygen atoms in total. The van der Waals surface area contributed by atoms with Crippen LogP contribution in [-0.4, -0.2) is 45.3 Å². The van der Waals surface area contributed by atoms with E-state index in [1.54, 1.807) is 4.90 Å². The Morgan fingerprint density at radius 2 is 2.47 bits per heavy atom. The Morgan fingerprint density at radius 1 is 1.71 bits per heavy atom. The molecule has 94 valence electrons. The van der Waals surface area contributed by atoms with Crippen LogP contribution < -0.4 is 5.73 Å². The van der Waals surface area contributed by atoms with Crippen molar-refractivity contribution in [2.45, 2.75) is 32.3 Å². The number of nitrogens with one attached hydrogen (secondary N) is 1. The van der Waals surface area contributed by atoms with Gasteiger partial charge in [0.25, 0.3) is 5.91 Å². The van der Waals surface area contributed by atoms with E-state index in [4.69, 9.17) is 5.73 Å². The van der Waals surface area contributed by atoms with Crippen LogP contribution in [0.5, 0.6) is 0 Å². The van der Waals surface area contributed by atoms with Crippen molar-refractivity contribution in [1.29, 1.82) is 0 Å². The molecule has 1 aliphatic rings. The summed E-state index contributed by atoms with van der Waals surface area (Å²) in [5.41, 5.74) is 7.34. The number of likely N-dealkylation sites (tertiary alicyclic amines) is 1. The molecule has 1 saturated heterocycles. The first-order valence-corrected chi connectivity index (χ1v) is 5.93. The SMILES string of the molecule is CCc1[nH]nc(C(=O)N2CCCC(O)C2)c1N. The van der Waals surface area contributed by atoms with Gasteiger partial charge >= 0.3 is 0 Å². The summed E-state index contributed by atoms with van der Waals surface area (Å²) in [5, 5.41) is 16.3. The van der Waals surface area contributed by atoms with Gasteiger partial charge in [0.1, 0.15) is 0 Å². The highest BCUT2D eigenvalue weighted by Crippen LogP contribution is 2.19. The molecule has 0 aromatic carbocycles. The van der Waals surface area contributed by atoms with Crippen molar-refractivity contribution in [2.75, 3.05) is 18.8 Å². The molecular formula is C11H18N4O2. The number of nitrogens with two attached hydrogens (primary N) is 1. The summed E-state index contributed by atoms with van der Waals surface area (Å²) in [6.45, 7) is 2.97. The van der Waals surface area contributed by atoms with E-state index in [-0.39, 0.29) is 11.6 Å². The fraction of sp³-hybridized carbons (Fsp3) is 0.636. The van der Waals surface area contributed by atoms with Crippen LogP contribution in [0.15, 0.2) is 0 Å². The summed E-state index contributed by atoms with van der Waals surface area (Å²) in [7, 11) is 0. The highest BCUT2D eigenvalue weighted by molar-refractivity contribution is 5.97. The second kappa shape index (κ2) is 4.75. The Labute approximate surface area is 99.8 Å². The molecule has 2 heterocycles. The zero-order valence-electron chi connectivity index (χ0n) is 9.94. The molecular weight excluding hydrogens is 220 g/mol. The summed E-state index contributed by atoms with van der Waals surface area (Å²) >= 11 is 0. The maximum absolute atomic E-state index is 12.1. The molecule has 0 bridgehead atoms. The number of β-amino-alcohol motifs (C(OH)–C–C–N with tert-alkyl or cyclic N) is 1. The molecule has 0 saturated carbocycles. The van der Waals surface area contributed by atoms with Crippen molar-refractivity contribution in [3.63, 3.8) is 0 Å². The van der Waals surface area contributed by atoms with E-state index in [0.29, 0.717) is 18.8 Å². The van der Waals surface area contributed by atoms with E-state index in [2.05, 4.69) is 10.2 Å². The lowest BCUT2D eigenvalue weighted by Crippen LogP contribution is -2.42. The Bertz CT molecular complexity index is 416. The number of aliphatic hydroxyl groups excluding tert-OH is 1. The van der Waals surface area contributed by atoms with E-state index >= 15 is 0 Å². The normalized spacial score (nSPS) is 20.6. The van der Waals surface area contributed by atoms with Gasteiger partial charge in [0.15, 0.2) is 5.69 Å². The number of carbonyl (C=O) groups excluding carboxylic acids is 1. The second-order valence-electron chi connectivity index (χ2n) is 4.37. The number of H-pyrrole nitrogens is 1. The molecule has 0 spiro atoms. The number of rotatable bonds is 2. The maximum Gasteiger partial charge on any atom is 0.276 e. The Balaban J connectivity index is 2.16. The van der Waals surface area contributed by atoms with Crippen LogP contribution in [0.3, 0.4) is 0 Å². The number of aliphatic hydroxyl groups is 1. The van der Waals surface area contributed by atoms with Crippen LogP contribution in [0.25, 0.3) is 0 Å². The fourth-order valence-corrected chi connectivity index (χ4v) is 2.11. The zero-order chi connectivity index (χ0) is 12.4. The standard InChI is InChI=1S/C11H18N4O2/c1-2-8-9(12)10(14-13-8)11(17)15-5-3-4-7(16)6-15/h7,16H,2-6,12H2,1H3,(H,13,14). The maximum atomic E-state index is 12.1. The summed E-state index contributed by atoms with van der Waals surface area (Å²) < 4.78 is 0. The quantitative estimate of drug-likeness (QED) is 0.683. The monoisotopic (exact) mass is 238 g/mol. The molecule has 1 atom stereocenters. The van der Waals surface area contributed by atoms with Gasteiger partial charge in [-0.15, -0.1) is 0 Å². The van der Waals surface area contributed by atoms with E-state index in [0.717, 1.165) is 25.0 Å². The minimum absolute atomic E-state index is 0.197. The van der Waals surface area contributed by atoms with E-state index in [9.17, 15) is 9.90 Å². The first-order chi connectivity index (χ1) is 8.13. The lowest BCUT2D eigenvalue weighted by atomic mass is 10.1. The van der Waals surface area contributed by atoms with E-state index < -0.39 is 6.10 Å². The molecule has 2 rings (SSSR count). The fourth-order valence-electron chi connectivity index (χ4n) is 2.11. The number of anilines is 1. The van der Waals surface area contributed by atoms with Crippen LogP contribution in [0.2, 0.25) is 0 Å². The van der Waals surface area contributed by atoms with Crippen molar-refractivity contribution < 1.29 is 9.90 Å². The number of hydrogen-bond acceptors (Lipinski definition) is 4. The van der Waals surface area contributed by atoms with Crippen molar-refractivity contribution in [1.82, 2.24) is 15.1 Å². The molecule has 1 fully saturated rings. The van der Waals surface area contributed by atoms with Gasteiger partial charge in [0.2, 0.25) is 0 Å². The highest BCUT2D eigenvalue weighted by Gasteiger charge is 2.26. The molecule has 1 aliphatic heterocycles. The van der Waals surface area contributed by atoms with Gasteiger partial charge in [-0.3, -0.25) is 9.89 Å². The molecule has 1 aromatic heterocycles. The minimum atomic E-state index is -0.432. The van der Waals surface area contributed by atoms with E-state index in [1.165, 1.54) is 0 Å². The average Bonchev–Trinajstić information content (AvgIpc) is 2.69. The number of carbonyl (C=O) groups is 1. The van der Waals surface area contributed by atoms with Crippen LogP contribution in [-0.2, 0) is 6.42 Å². The van der Waals surface area contributed by atoms with E-state index in [1.807, 2.05) is 6.92 Å². The van der Waals surface area contributed by atoms with Crippen LogP contribution in [0.1, 0.15) is 35.9 Å². The molecule has 0 radical (unpaired) electrons. The summed E-state index contributed by atoms with van der Waals surface area (Å²) in [4.78, 5) is 13.8. The van der Waals surface area contributed by atoms with Gasteiger partial charge in [-0.25, -0.2) is 0 Å². The third-order valence-corrected chi connectivity index (χ3v) is 3.12. The first kappa shape index (κ1) is 11.9. The number of hydrogen-bond donors (Lipinski definition) is 3. The molecule has 1 unspecified atom stereocenters. The third-order valence-electron chi connectivity index (χ3n) is 3.12. The van der Waals surface area contributed by atoms with Gasteiger partial charge in [-0.2, -0.15) is 5.10 Å². The number of amides is 1.